The van der Waals surface area contributed by atoms with Gasteiger partial charge in [-0.05, 0) is 12.5 Å². The molecular weight excluding hydrogens is 258 g/mol. The van der Waals surface area contributed by atoms with Gasteiger partial charge in [-0.3, -0.25) is 0 Å². The first-order chi connectivity index (χ1) is 9.37. The molecule has 0 saturated carbocycles. The van der Waals surface area contributed by atoms with Crippen LogP contribution in [0.15, 0.2) is 11.8 Å². The first kappa shape index (κ1) is 19.4. The number of hydrogen-bond donors (Lipinski definition) is 5. The molecule has 1 atom stereocenters. The second-order valence-corrected chi connectivity index (χ2v) is 5.48. The van der Waals surface area contributed by atoms with Crippen LogP contribution in [0, 0.1) is 0 Å². The molecule has 0 heterocycles. The molecule has 0 aliphatic heterocycles. The van der Waals surface area contributed by atoms with Crippen molar-refractivity contribution < 1.29 is 20.4 Å². The number of aliphatic hydroxyl groups is 4. The van der Waals surface area contributed by atoms with Gasteiger partial charge in [-0.1, -0.05) is 58.3 Å². The Bertz CT molecular complexity index is 261. The van der Waals surface area contributed by atoms with E-state index in [1.165, 1.54) is 38.5 Å². The van der Waals surface area contributed by atoms with Crippen LogP contribution in [0.4, 0.5) is 0 Å². The molecule has 0 aromatic rings. The molecule has 0 rings (SSSR count). The van der Waals surface area contributed by atoms with Crippen LogP contribution in [0.3, 0.4) is 0 Å². The third-order valence-electron chi connectivity index (χ3n) is 3.33. The highest BCUT2D eigenvalue weighted by atomic mass is 16.7. The number of aliphatic hydroxyl groups excluding tert-OH is 1. The molecule has 0 bridgehead atoms. The molecule has 0 saturated heterocycles. The van der Waals surface area contributed by atoms with Crippen molar-refractivity contribution in [1.29, 1.82) is 0 Å². The Morgan fingerprint density at radius 1 is 1.00 bits per heavy atom. The summed E-state index contributed by atoms with van der Waals surface area (Å²) < 4.78 is 0. The van der Waals surface area contributed by atoms with Crippen LogP contribution in [0.5, 0.6) is 0 Å². The van der Waals surface area contributed by atoms with Crippen molar-refractivity contribution in [1.82, 2.24) is 0 Å². The Hall–Kier alpha value is -0.620. The fraction of sp³-hybridized carbons (Fsp3) is 0.867. The minimum absolute atomic E-state index is 0.102. The average Bonchev–Trinajstić information content (AvgIpc) is 2.38. The predicted molar refractivity (Wildman–Crippen MR) is 79.9 cm³/mol. The molecule has 0 aromatic heterocycles. The smallest absolute Gasteiger partial charge is 0.279 e. The number of nitrogens with two attached hydrogens (primary N) is 1. The van der Waals surface area contributed by atoms with Gasteiger partial charge in [-0.15, -0.1) is 0 Å². The van der Waals surface area contributed by atoms with E-state index in [4.69, 9.17) is 21.1 Å². The van der Waals surface area contributed by atoms with Gasteiger partial charge in [0, 0.05) is 0 Å². The average molecular weight is 289 g/mol. The molecule has 120 valence electrons. The molecule has 0 amide bonds. The van der Waals surface area contributed by atoms with Crippen molar-refractivity contribution in [2.45, 2.75) is 83.1 Å². The lowest BCUT2D eigenvalue weighted by Gasteiger charge is -2.14. The summed E-state index contributed by atoms with van der Waals surface area (Å²) in [4.78, 5) is 0. The maximum absolute atomic E-state index is 9.58. The molecule has 5 heteroatoms. The highest BCUT2D eigenvalue weighted by molar-refractivity contribution is 5.00. The second kappa shape index (κ2) is 11.1. The Kier molecular flexibility index (Phi) is 10.7. The van der Waals surface area contributed by atoms with Gasteiger partial charge in [0.2, 0.25) is 0 Å². The van der Waals surface area contributed by atoms with Crippen LogP contribution in [0.25, 0.3) is 0 Å². The third kappa shape index (κ3) is 12.4. The van der Waals surface area contributed by atoms with Crippen LogP contribution in [-0.4, -0.2) is 32.4 Å². The molecule has 0 aromatic carbocycles. The lowest BCUT2D eigenvalue weighted by atomic mass is 10.0. The Morgan fingerprint density at radius 3 is 2.00 bits per heavy atom. The maximum atomic E-state index is 9.58. The van der Waals surface area contributed by atoms with Crippen LogP contribution in [0.2, 0.25) is 0 Å². The van der Waals surface area contributed by atoms with Gasteiger partial charge < -0.3 is 26.2 Å². The lowest BCUT2D eigenvalue weighted by Crippen LogP contribution is -2.27. The maximum Gasteiger partial charge on any atom is 0.279 e. The minimum Gasteiger partial charge on any atom is -0.511 e. The van der Waals surface area contributed by atoms with Gasteiger partial charge >= 0.3 is 0 Å². The fourth-order valence-electron chi connectivity index (χ4n) is 2.04. The molecule has 0 aliphatic carbocycles. The first-order valence-electron chi connectivity index (χ1n) is 7.68. The highest BCUT2D eigenvalue weighted by Gasteiger charge is 2.17. The number of hydrogen-bond acceptors (Lipinski definition) is 5. The second-order valence-electron chi connectivity index (χ2n) is 5.48. The van der Waals surface area contributed by atoms with E-state index in [1.54, 1.807) is 0 Å². The predicted octanol–water partition coefficient (Wildman–Crippen LogP) is 2.31. The van der Waals surface area contributed by atoms with E-state index in [9.17, 15) is 5.11 Å². The van der Waals surface area contributed by atoms with E-state index in [2.05, 4.69) is 6.92 Å². The van der Waals surface area contributed by atoms with Gasteiger partial charge in [0.25, 0.3) is 5.97 Å². The van der Waals surface area contributed by atoms with Crippen LogP contribution in [0.1, 0.15) is 71.1 Å². The summed E-state index contributed by atoms with van der Waals surface area (Å²) in [5.74, 6) is -2.89. The lowest BCUT2D eigenvalue weighted by molar-refractivity contribution is -0.308. The Labute approximate surface area is 122 Å². The van der Waals surface area contributed by atoms with Crippen LogP contribution in [-0.2, 0) is 0 Å². The first-order valence-corrected chi connectivity index (χ1v) is 7.68. The summed E-state index contributed by atoms with van der Waals surface area (Å²) in [5.41, 5.74) is 5.76. The summed E-state index contributed by atoms with van der Waals surface area (Å²) in [6.45, 7) is 2.20. The highest BCUT2D eigenvalue weighted by Crippen LogP contribution is 2.13. The zero-order valence-corrected chi connectivity index (χ0v) is 12.6. The molecular formula is C15H31NO4. The van der Waals surface area contributed by atoms with E-state index >= 15 is 0 Å². The van der Waals surface area contributed by atoms with Gasteiger partial charge in [-0.25, -0.2) is 0 Å². The van der Waals surface area contributed by atoms with Crippen LogP contribution >= 0.6 is 0 Å². The van der Waals surface area contributed by atoms with Gasteiger partial charge in [-0.2, -0.15) is 0 Å². The van der Waals surface area contributed by atoms with Gasteiger partial charge in [0.15, 0.2) is 0 Å². The molecule has 0 radical (unpaired) electrons. The van der Waals surface area contributed by atoms with E-state index < -0.39 is 18.4 Å². The molecule has 20 heavy (non-hydrogen) atoms. The van der Waals surface area contributed by atoms with Crippen molar-refractivity contribution in [2.24, 2.45) is 5.73 Å². The van der Waals surface area contributed by atoms with Crippen molar-refractivity contribution in [3.05, 3.63) is 11.8 Å². The minimum atomic E-state index is -2.79. The number of unbranched alkanes of at least 4 members (excludes halogenated alkanes) is 7. The SMILES string of the molecule is CCCCCCCCCCC(N)C(O)=CCC(O)(O)O. The molecule has 1 unspecified atom stereocenters. The zero-order valence-electron chi connectivity index (χ0n) is 12.6. The summed E-state index contributed by atoms with van der Waals surface area (Å²) in [7, 11) is 0. The monoisotopic (exact) mass is 289 g/mol. The summed E-state index contributed by atoms with van der Waals surface area (Å²) in [6, 6.07) is -0.502. The largest absolute Gasteiger partial charge is 0.511 e. The fourth-order valence-corrected chi connectivity index (χ4v) is 2.04. The molecule has 0 spiro atoms. The van der Waals surface area contributed by atoms with Crippen molar-refractivity contribution >= 4 is 0 Å². The normalized spacial score (nSPS) is 14.6. The Morgan fingerprint density at radius 2 is 1.50 bits per heavy atom. The third-order valence-corrected chi connectivity index (χ3v) is 3.33. The Balaban J connectivity index is 3.59. The summed E-state index contributed by atoms with van der Waals surface area (Å²) >= 11 is 0. The standard InChI is InChI=1S/C15H31NO4/c1-2-3-4-5-6-7-8-9-10-13(16)14(17)11-12-15(18,19)20/h11,13,17-20H,2-10,12,16H2,1H3. The van der Waals surface area contributed by atoms with Gasteiger partial charge in [0.05, 0.1) is 12.5 Å². The molecule has 0 aliphatic rings. The van der Waals surface area contributed by atoms with Gasteiger partial charge in [0.1, 0.15) is 5.76 Å². The quantitative estimate of drug-likeness (QED) is 0.215. The van der Waals surface area contributed by atoms with E-state index in [0.717, 1.165) is 18.9 Å². The van der Waals surface area contributed by atoms with Crippen molar-refractivity contribution in [3.63, 3.8) is 0 Å². The zero-order chi connectivity index (χ0) is 15.4. The topological polar surface area (TPSA) is 107 Å². The van der Waals surface area contributed by atoms with E-state index in [0.29, 0.717) is 6.42 Å². The van der Waals surface area contributed by atoms with Crippen molar-refractivity contribution in [2.75, 3.05) is 0 Å². The van der Waals surface area contributed by atoms with Crippen LogP contribution < -0.4 is 5.73 Å². The van der Waals surface area contributed by atoms with Crippen molar-refractivity contribution in [3.8, 4) is 0 Å². The van der Waals surface area contributed by atoms with E-state index in [-0.39, 0.29) is 5.76 Å². The summed E-state index contributed by atoms with van der Waals surface area (Å²) in [5, 5.41) is 35.7. The molecule has 5 nitrogen and oxygen atoms in total. The summed E-state index contributed by atoms with van der Waals surface area (Å²) in [6.07, 6.45) is 11.0. The molecule has 0 fully saturated rings. The van der Waals surface area contributed by atoms with E-state index in [1.807, 2.05) is 0 Å². The number of rotatable bonds is 12. The molecule has 6 N–H and O–H groups in total.